The van der Waals surface area contributed by atoms with Gasteiger partial charge in [-0.05, 0) is 29.2 Å². The topological polar surface area (TPSA) is 79.3 Å². The van der Waals surface area contributed by atoms with E-state index in [9.17, 15) is 9.59 Å². The molecule has 2 aromatic heterocycles. The van der Waals surface area contributed by atoms with Crippen molar-refractivity contribution in [3.05, 3.63) is 38.0 Å². The number of nitrogens with zero attached hydrogens (tertiary/aromatic N) is 1. The second kappa shape index (κ2) is 6.17. The van der Waals surface area contributed by atoms with E-state index >= 15 is 0 Å². The van der Waals surface area contributed by atoms with Gasteiger partial charge in [0.2, 0.25) is 5.91 Å². The van der Waals surface area contributed by atoms with E-state index in [4.69, 9.17) is 5.11 Å². The predicted molar refractivity (Wildman–Crippen MR) is 84.1 cm³/mol. The molecule has 2 N–H and O–H groups in total. The number of carboxylic acid groups (broad SMARTS) is 1. The summed E-state index contributed by atoms with van der Waals surface area (Å²) in [7, 11) is 0. The van der Waals surface area contributed by atoms with Gasteiger partial charge in [0.25, 0.3) is 0 Å². The van der Waals surface area contributed by atoms with Crippen LogP contribution in [0.15, 0.2) is 16.8 Å². The van der Waals surface area contributed by atoms with Crippen LogP contribution in [0.1, 0.15) is 31.2 Å². The Hall–Kier alpha value is -1.38. The zero-order valence-corrected chi connectivity index (χ0v) is 13.3. The Morgan fingerprint density at radius 3 is 3.05 bits per heavy atom. The van der Waals surface area contributed by atoms with Crippen LogP contribution in [-0.4, -0.2) is 27.7 Å². The van der Waals surface area contributed by atoms with E-state index in [2.05, 4.69) is 10.3 Å². The highest BCUT2D eigenvalue weighted by molar-refractivity contribution is 8.00. The van der Waals surface area contributed by atoms with E-state index in [1.807, 2.05) is 11.4 Å². The van der Waals surface area contributed by atoms with Crippen molar-refractivity contribution in [2.24, 2.45) is 0 Å². The minimum Gasteiger partial charge on any atom is -0.476 e. The summed E-state index contributed by atoms with van der Waals surface area (Å²) in [5, 5.41) is 15.6. The molecule has 1 aliphatic heterocycles. The van der Waals surface area contributed by atoms with E-state index in [-0.39, 0.29) is 23.4 Å². The Balaban J connectivity index is 1.63. The van der Waals surface area contributed by atoms with Gasteiger partial charge >= 0.3 is 5.97 Å². The van der Waals surface area contributed by atoms with Crippen LogP contribution < -0.4 is 5.32 Å². The fraction of sp³-hybridized carbons (Fsp3) is 0.308. The van der Waals surface area contributed by atoms with Gasteiger partial charge in [-0.3, -0.25) is 4.79 Å². The van der Waals surface area contributed by atoms with Crippen LogP contribution >= 0.6 is 34.4 Å². The molecule has 21 heavy (non-hydrogen) atoms. The molecule has 110 valence electrons. The molecule has 0 saturated carbocycles. The van der Waals surface area contributed by atoms with Crippen LogP contribution in [0, 0.1) is 0 Å². The average molecular weight is 340 g/mol. The molecule has 0 fully saturated rings. The van der Waals surface area contributed by atoms with E-state index in [0.717, 1.165) is 17.7 Å². The number of thioether (sulfide) groups is 1. The van der Waals surface area contributed by atoms with Crippen LogP contribution in [-0.2, 0) is 17.8 Å². The molecule has 8 heteroatoms. The fourth-order valence-corrected chi connectivity index (χ4v) is 5.13. The summed E-state index contributed by atoms with van der Waals surface area (Å²) in [5.41, 5.74) is 1.13. The van der Waals surface area contributed by atoms with E-state index in [1.165, 1.54) is 21.6 Å². The fourth-order valence-electron chi connectivity index (χ4n) is 2.11. The highest BCUT2D eigenvalue weighted by Crippen LogP contribution is 2.39. The van der Waals surface area contributed by atoms with Crippen molar-refractivity contribution in [1.82, 2.24) is 10.3 Å². The van der Waals surface area contributed by atoms with Crippen molar-refractivity contribution in [2.45, 2.75) is 18.2 Å². The van der Waals surface area contributed by atoms with Crippen molar-refractivity contribution >= 4 is 46.3 Å². The number of amides is 1. The highest BCUT2D eigenvalue weighted by Gasteiger charge is 2.27. The normalized spacial score (nSPS) is 17.2. The van der Waals surface area contributed by atoms with Crippen molar-refractivity contribution in [1.29, 1.82) is 0 Å². The molecule has 1 aliphatic rings. The number of aromatic nitrogens is 1. The average Bonchev–Trinajstić information content (AvgIpc) is 3.12. The summed E-state index contributed by atoms with van der Waals surface area (Å²) in [6, 6.07) is 2.02. The number of carbonyl (C=O) groups excluding carboxylic acids is 1. The first-order valence-corrected chi connectivity index (χ1v) is 9.09. The molecule has 3 heterocycles. The summed E-state index contributed by atoms with van der Waals surface area (Å²) in [6.45, 7) is 0.271. The maximum Gasteiger partial charge on any atom is 0.355 e. The molecular formula is C13H12N2O3S3. The zero-order valence-electron chi connectivity index (χ0n) is 10.9. The summed E-state index contributed by atoms with van der Waals surface area (Å²) < 4.78 is 0. The smallest absolute Gasteiger partial charge is 0.355 e. The molecule has 2 aromatic rings. The van der Waals surface area contributed by atoms with Gasteiger partial charge in [-0.2, -0.15) is 0 Å². The third kappa shape index (κ3) is 3.12. The molecule has 0 spiro atoms. The number of carboxylic acids is 1. The number of carbonyl (C=O) groups is 2. The van der Waals surface area contributed by atoms with Crippen LogP contribution in [0.4, 0.5) is 0 Å². The minimum atomic E-state index is -1.05. The maximum absolute atomic E-state index is 12.3. The van der Waals surface area contributed by atoms with E-state index < -0.39 is 5.97 Å². The number of aryl methyl sites for hydroxylation is 1. The largest absolute Gasteiger partial charge is 0.476 e. The molecule has 3 rings (SSSR count). The Morgan fingerprint density at radius 1 is 1.43 bits per heavy atom. The lowest BCUT2D eigenvalue weighted by molar-refractivity contribution is -0.120. The molecule has 1 unspecified atom stereocenters. The summed E-state index contributed by atoms with van der Waals surface area (Å²) in [6.07, 6.45) is 1.02. The first-order valence-electron chi connectivity index (χ1n) is 6.28. The Morgan fingerprint density at radius 2 is 2.29 bits per heavy atom. The highest BCUT2D eigenvalue weighted by atomic mass is 32.2. The lowest BCUT2D eigenvalue weighted by atomic mass is 10.1. The number of aromatic carboxylic acids is 1. The molecule has 0 saturated heterocycles. The molecule has 0 radical (unpaired) electrons. The van der Waals surface area contributed by atoms with E-state index in [1.54, 1.807) is 23.1 Å². The minimum absolute atomic E-state index is 0.0245. The summed E-state index contributed by atoms with van der Waals surface area (Å²) in [5.74, 6) is -0.132. The lowest BCUT2D eigenvalue weighted by Crippen LogP contribution is -2.29. The molecule has 0 aromatic carbocycles. The first-order chi connectivity index (χ1) is 10.1. The SMILES string of the molecule is O=C(O)c1csc(CNC(=O)C2SCCc3sccc32)n1. The van der Waals surface area contributed by atoms with Gasteiger partial charge in [0.1, 0.15) is 10.3 Å². The monoisotopic (exact) mass is 340 g/mol. The third-order valence-electron chi connectivity index (χ3n) is 3.10. The van der Waals surface area contributed by atoms with Crippen molar-refractivity contribution in [3.8, 4) is 0 Å². The van der Waals surface area contributed by atoms with Crippen LogP contribution in [0.5, 0.6) is 0 Å². The summed E-state index contributed by atoms with van der Waals surface area (Å²) >= 11 is 4.59. The van der Waals surface area contributed by atoms with Gasteiger partial charge in [-0.15, -0.1) is 34.4 Å². The first kappa shape index (κ1) is 14.6. The van der Waals surface area contributed by atoms with Crippen LogP contribution in [0.25, 0.3) is 0 Å². The lowest BCUT2D eigenvalue weighted by Gasteiger charge is -2.21. The maximum atomic E-state index is 12.3. The number of hydrogen-bond donors (Lipinski definition) is 2. The number of hydrogen-bond acceptors (Lipinski definition) is 6. The third-order valence-corrected chi connectivity index (χ3v) is 6.19. The summed E-state index contributed by atoms with van der Waals surface area (Å²) in [4.78, 5) is 28.3. The Bertz CT molecular complexity index is 680. The molecular weight excluding hydrogens is 328 g/mol. The Labute approximate surface area is 133 Å². The van der Waals surface area contributed by atoms with Crippen molar-refractivity contribution in [3.63, 3.8) is 0 Å². The second-order valence-electron chi connectivity index (χ2n) is 4.45. The van der Waals surface area contributed by atoms with Crippen LogP contribution in [0.2, 0.25) is 0 Å². The van der Waals surface area contributed by atoms with Gasteiger partial charge < -0.3 is 10.4 Å². The van der Waals surface area contributed by atoms with Gasteiger partial charge in [-0.25, -0.2) is 9.78 Å². The van der Waals surface area contributed by atoms with Gasteiger partial charge in [0.05, 0.1) is 6.54 Å². The van der Waals surface area contributed by atoms with Gasteiger partial charge in [0.15, 0.2) is 5.69 Å². The van der Waals surface area contributed by atoms with Crippen molar-refractivity contribution < 1.29 is 14.7 Å². The molecule has 0 bridgehead atoms. The Kier molecular flexibility index (Phi) is 4.27. The number of fused-ring (bicyclic) bond motifs is 1. The quantitative estimate of drug-likeness (QED) is 0.894. The predicted octanol–water partition coefficient (Wildman–Crippen LogP) is 2.55. The second-order valence-corrected chi connectivity index (χ2v) is 7.61. The zero-order chi connectivity index (χ0) is 14.8. The molecule has 0 aliphatic carbocycles. The number of thiazole rings is 1. The number of thiophene rings is 1. The van der Waals surface area contributed by atoms with Crippen molar-refractivity contribution in [2.75, 3.05) is 5.75 Å². The molecule has 5 nitrogen and oxygen atoms in total. The molecule has 1 atom stereocenters. The molecule has 1 amide bonds. The van der Waals surface area contributed by atoms with Crippen LogP contribution in [0.3, 0.4) is 0 Å². The number of rotatable bonds is 4. The van der Waals surface area contributed by atoms with E-state index in [0.29, 0.717) is 5.01 Å². The number of nitrogens with one attached hydrogen (secondary N) is 1. The standard InChI is InChI=1S/C13H12N2O3S3/c16-12(11-7-1-3-19-9(7)2-4-20-11)14-5-10-15-8(6-21-10)13(17)18/h1,3,6,11H,2,4-5H2,(H,14,16)(H,17,18). The van der Waals surface area contributed by atoms with Gasteiger partial charge in [-0.1, -0.05) is 0 Å². The van der Waals surface area contributed by atoms with Gasteiger partial charge in [0, 0.05) is 10.3 Å².